The molecule has 1 amide bonds. The van der Waals surface area contributed by atoms with Crippen LogP contribution in [0, 0.1) is 17.1 Å². The number of halogens is 2. The van der Waals surface area contributed by atoms with Gasteiger partial charge in [0.2, 0.25) is 0 Å². The van der Waals surface area contributed by atoms with E-state index in [0.29, 0.717) is 37.9 Å². The van der Waals surface area contributed by atoms with Gasteiger partial charge in [0.1, 0.15) is 17.4 Å². The third-order valence-electron chi connectivity index (χ3n) is 6.26. The molecular formula is C25H26BrFN4O4. The minimum absolute atomic E-state index is 0.0935. The SMILES string of the molecule is N=C(NC(=O)c1cccc(F)c1CCc1cc(Br)cc2ccoc12)NC(C(=O)O)C1CCNCC1. The molecule has 3 aromatic rings. The maximum atomic E-state index is 14.8. The summed E-state index contributed by atoms with van der Waals surface area (Å²) in [7, 11) is 0. The van der Waals surface area contributed by atoms with Gasteiger partial charge in [0.05, 0.1) is 6.26 Å². The van der Waals surface area contributed by atoms with Crippen LogP contribution in [-0.4, -0.2) is 42.1 Å². The second-order valence-corrected chi connectivity index (χ2v) is 9.46. The van der Waals surface area contributed by atoms with Crippen molar-refractivity contribution in [3.05, 3.63) is 69.6 Å². The van der Waals surface area contributed by atoms with Gasteiger partial charge < -0.3 is 20.2 Å². The lowest BCUT2D eigenvalue weighted by molar-refractivity contribution is -0.140. The Hall–Kier alpha value is -3.24. The van der Waals surface area contributed by atoms with Gasteiger partial charge in [0.15, 0.2) is 5.96 Å². The molecule has 4 rings (SSSR count). The number of nitrogens with one attached hydrogen (secondary N) is 4. The number of amides is 1. The maximum absolute atomic E-state index is 14.8. The second-order valence-electron chi connectivity index (χ2n) is 8.55. The number of rotatable bonds is 7. The summed E-state index contributed by atoms with van der Waals surface area (Å²) in [6.07, 6.45) is 3.55. The Morgan fingerprint density at radius 1 is 1.23 bits per heavy atom. The zero-order valence-electron chi connectivity index (χ0n) is 18.9. The molecule has 0 bridgehead atoms. The summed E-state index contributed by atoms with van der Waals surface area (Å²) >= 11 is 3.48. The molecule has 1 atom stereocenters. The molecule has 0 spiro atoms. The van der Waals surface area contributed by atoms with E-state index >= 15 is 0 Å². The number of carboxylic acids is 1. The van der Waals surface area contributed by atoms with Crippen LogP contribution in [0.3, 0.4) is 0 Å². The maximum Gasteiger partial charge on any atom is 0.326 e. The molecule has 1 fully saturated rings. The first-order valence-corrected chi connectivity index (χ1v) is 12.2. The number of carbonyl (C=O) groups is 2. The molecule has 184 valence electrons. The van der Waals surface area contributed by atoms with Gasteiger partial charge in [-0.15, -0.1) is 0 Å². The number of piperidine rings is 1. The normalized spacial score (nSPS) is 15.0. The van der Waals surface area contributed by atoms with Crippen molar-refractivity contribution >= 4 is 44.7 Å². The molecule has 0 saturated carbocycles. The summed E-state index contributed by atoms with van der Waals surface area (Å²) in [6, 6.07) is 8.89. The van der Waals surface area contributed by atoms with Crippen molar-refractivity contribution in [1.29, 1.82) is 5.41 Å². The molecule has 8 nitrogen and oxygen atoms in total. The molecule has 1 aromatic heterocycles. The molecule has 1 aliphatic heterocycles. The topological polar surface area (TPSA) is 127 Å². The average molecular weight is 545 g/mol. The highest BCUT2D eigenvalue weighted by atomic mass is 79.9. The van der Waals surface area contributed by atoms with Crippen LogP contribution in [0.1, 0.15) is 34.3 Å². The summed E-state index contributed by atoms with van der Waals surface area (Å²) in [5, 5.41) is 26.8. The minimum Gasteiger partial charge on any atom is -0.480 e. The Morgan fingerprint density at radius 3 is 2.74 bits per heavy atom. The molecule has 5 N–H and O–H groups in total. The predicted molar refractivity (Wildman–Crippen MR) is 133 cm³/mol. The van der Waals surface area contributed by atoms with Crippen LogP contribution in [0.5, 0.6) is 0 Å². The van der Waals surface area contributed by atoms with Crippen molar-refractivity contribution in [3.8, 4) is 0 Å². The third kappa shape index (κ3) is 5.88. The predicted octanol–water partition coefficient (Wildman–Crippen LogP) is 3.83. The van der Waals surface area contributed by atoms with E-state index in [1.807, 2.05) is 18.2 Å². The van der Waals surface area contributed by atoms with Crippen LogP contribution >= 0.6 is 15.9 Å². The fraction of sp³-hybridized carbons (Fsp3) is 0.320. The van der Waals surface area contributed by atoms with E-state index in [9.17, 15) is 19.1 Å². The van der Waals surface area contributed by atoms with E-state index in [1.165, 1.54) is 18.2 Å². The highest BCUT2D eigenvalue weighted by Gasteiger charge is 2.30. The van der Waals surface area contributed by atoms with Crippen LogP contribution in [0.2, 0.25) is 0 Å². The third-order valence-corrected chi connectivity index (χ3v) is 6.72. The quantitative estimate of drug-likeness (QED) is 0.227. The monoisotopic (exact) mass is 544 g/mol. The smallest absolute Gasteiger partial charge is 0.326 e. The first-order valence-electron chi connectivity index (χ1n) is 11.4. The summed E-state index contributed by atoms with van der Waals surface area (Å²) in [5.41, 5.74) is 1.88. The number of guanidine groups is 1. The van der Waals surface area contributed by atoms with Crippen LogP contribution in [0.4, 0.5) is 4.39 Å². The van der Waals surface area contributed by atoms with E-state index in [0.717, 1.165) is 15.4 Å². The number of aliphatic carboxylic acids is 1. The number of benzene rings is 2. The lowest BCUT2D eigenvalue weighted by atomic mass is 9.90. The Morgan fingerprint density at radius 2 is 2.00 bits per heavy atom. The second kappa shape index (κ2) is 11.0. The van der Waals surface area contributed by atoms with E-state index in [4.69, 9.17) is 9.83 Å². The van der Waals surface area contributed by atoms with Crippen molar-refractivity contribution in [2.75, 3.05) is 13.1 Å². The molecule has 10 heteroatoms. The minimum atomic E-state index is -1.08. The van der Waals surface area contributed by atoms with Crippen LogP contribution < -0.4 is 16.0 Å². The van der Waals surface area contributed by atoms with Gasteiger partial charge in [-0.25, -0.2) is 9.18 Å². The molecule has 2 heterocycles. The lowest BCUT2D eigenvalue weighted by Crippen LogP contribution is -2.53. The van der Waals surface area contributed by atoms with Crippen LogP contribution in [0.25, 0.3) is 11.0 Å². The summed E-state index contributed by atoms with van der Waals surface area (Å²) < 4.78 is 21.2. The number of furan rings is 1. The first kappa shape index (κ1) is 24.9. The number of fused-ring (bicyclic) bond motifs is 1. The van der Waals surface area contributed by atoms with Crippen molar-refractivity contribution in [2.24, 2.45) is 5.92 Å². The highest BCUT2D eigenvalue weighted by Crippen LogP contribution is 2.27. The Balaban J connectivity index is 1.47. The zero-order chi connectivity index (χ0) is 24.9. The zero-order valence-corrected chi connectivity index (χ0v) is 20.5. The standard InChI is InChI=1S/C25H26BrFN4O4/c26-17-12-15(22-16(13-17)8-11-35-22)4-5-18-19(2-1-3-20(18)27)23(32)31-25(28)30-21(24(33)34)14-6-9-29-10-7-14/h1-3,8,11-14,21,29H,4-7,9-10H2,(H,33,34)(H3,28,30,31,32). The van der Waals surface area contributed by atoms with Crippen LogP contribution in [-0.2, 0) is 17.6 Å². The number of hydrogen-bond acceptors (Lipinski definition) is 5. The molecular weight excluding hydrogens is 519 g/mol. The van der Waals surface area contributed by atoms with E-state index < -0.39 is 29.7 Å². The van der Waals surface area contributed by atoms with E-state index in [2.05, 4.69) is 31.9 Å². The largest absolute Gasteiger partial charge is 0.480 e. The molecule has 0 radical (unpaired) electrons. The first-order chi connectivity index (χ1) is 16.8. The average Bonchev–Trinajstić information content (AvgIpc) is 3.30. The van der Waals surface area contributed by atoms with Crippen molar-refractivity contribution in [3.63, 3.8) is 0 Å². The molecule has 1 aliphatic rings. The van der Waals surface area contributed by atoms with Crippen molar-refractivity contribution in [2.45, 2.75) is 31.7 Å². The van der Waals surface area contributed by atoms with Crippen LogP contribution in [0.15, 0.2) is 51.6 Å². The molecule has 0 aliphatic carbocycles. The van der Waals surface area contributed by atoms with Gasteiger partial charge in [-0.2, -0.15) is 0 Å². The fourth-order valence-corrected chi connectivity index (χ4v) is 5.04. The number of aryl methyl sites for hydroxylation is 1. The fourth-order valence-electron chi connectivity index (χ4n) is 4.52. The van der Waals surface area contributed by atoms with Gasteiger partial charge >= 0.3 is 5.97 Å². The summed E-state index contributed by atoms with van der Waals surface area (Å²) in [5.74, 6) is -2.88. The van der Waals surface area contributed by atoms with Gasteiger partial charge in [0.25, 0.3) is 5.91 Å². The highest BCUT2D eigenvalue weighted by molar-refractivity contribution is 9.10. The van der Waals surface area contributed by atoms with Gasteiger partial charge in [-0.05, 0) is 80.6 Å². The van der Waals surface area contributed by atoms with Crippen molar-refractivity contribution in [1.82, 2.24) is 16.0 Å². The summed E-state index contributed by atoms with van der Waals surface area (Å²) in [4.78, 5) is 24.7. The van der Waals surface area contributed by atoms with E-state index in [1.54, 1.807) is 6.26 Å². The van der Waals surface area contributed by atoms with Crippen molar-refractivity contribution < 1.29 is 23.5 Å². The van der Waals surface area contributed by atoms with Gasteiger partial charge in [0, 0.05) is 21.0 Å². The molecule has 35 heavy (non-hydrogen) atoms. The molecule has 1 saturated heterocycles. The number of carboxylic acid groups (broad SMARTS) is 1. The van der Waals surface area contributed by atoms with Gasteiger partial charge in [-0.3, -0.25) is 15.5 Å². The Labute approximate surface area is 209 Å². The van der Waals surface area contributed by atoms with E-state index in [-0.39, 0.29) is 23.5 Å². The Kier molecular flexibility index (Phi) is 7.82. The number of hydrogen-bond donors (Lipinski definition) is 5. The molecule has 2 aromatic carbocycles. The number of carbonyl (C=O) groups excluding carboxylic acids is 1. The van der Waals surface area contributed by atoms with Gasteiger partial charge in [-0.1, -0.05) is 22.0 Å². The molecule has 1 unspecified atom stereocenters. The summed E-state index contributed by atoms with van der Waals surface area (Å²) in [6.45, 7) is 1.40. The Bertz CT molecular complexity index is 1260. The lowest BCUT2D eigenvalue weighted by Gasteiger charge is -2.29.